The zero-order valence-corrected chi connectivity index (χ0v) is 26.7. The highest BCUT2D eigenvalue weighted by atomic mass is 35.5. The van der Waals surface area contributed by atoms with Gasteiger partial charge in [-0.15, -0.1) is 0 Å². The van der Waals surface area contributed by atoms with Crippen LogP contribution in [0.4, 0.5) is 4.39 Å². The molecule has 0 fully saturated rings. The normalized spacial score (nSPS) is 13.1. The summed E-state index contributed by atoms with van der Waals surface area (Å²) in [6, 6.07) is 19.9. The van der Waals surface area contributed by atoms with Crippen LogP contribution in [-0.2, 0) is 18.9 Å². The van der Waals surface area contributed by atoms with Crippen LogP contribution < -0.4 is 0 Å². The van der Waals surface area contributed by atoms with Gasteiger partial charge in [-0.2, -0.15) is 0 Å². The molecule has 0 aliphatic carbocycles. The van der Waals surface area contributed by atoms with Gasteiger partial charge in [-0.1, -0.05) is 64.7 Å². The average molecular weight is 660 g/mol. The van der Waals surface area contributed by atoms with E-state index >= 15 is 4.39 Å². The molecule has 10 nitrogen and oxygen atoms in total. The molecule has 0 saturated carbocycles. The molecule has 0 radical (unpaired) electrons. The number of halogens is 2. The predicted octanol–water partition coefficient (Wildman–Crippen LogP) is 6.60. The number of rotatable bonds is 11. The molecule has 0 saturated heterocycles. The number of hydrogen-bond acceptors (Lipinski definition) is 9. The van der Waals surface area contributed by atoms with Crippen molar-refractivity contribution in [2.24, 2.45) is 0 Å². The Bertz CT molecular complexity index is 1890. The van der Waals surface area contributed by atoms with Crippen LogP contribution in [0.3, 0.4) is 0 Å². The van der Waals surface area contributed by atoms with E-state index in [0.29, 0.717) is 0 Å². The van der Waals surface area contributed by atoms with Crippen LogP contribution in [0.25, 0.3) is 11.0 Å². The van der Waals surface area contributed by atoms with Gasteiger partial charge < -0.3 is 18.9 Å². The van der Waals surface area contributed by atoms with E-state index < -0.39 is 48.8 Å². The Kier molecular flexibility index (Phi) is 10.3. The molecule has 0 aliphatic heterocycles. The van der Waals surface area contributed by atoms with Crippen LogP contribution in [0.1, 0.15) is 54.0 Å². The summed E-state index contributed by atoms with van der Waals surface area (Å²) in [7, 11) is 1.29. The lowest BCUT2D eigenvalue weighted by molar-refractivity contribution is -0.129. The number of fused-ring (bicyclic) bond motifs is 1. The molecule has 12 heteroatoms. The van der Waals surface area contributed by atoms with Gasteiger partial charge in [0, 0.05) is 13.3 Å². The van der Waals surface area contributed by atoms with Crippen molar-refractivity contribution in [3.8, 4) is 0 Å². The summed E-state index contributed by atoms with van der Waals surface area (Å²) < 4.78 is 39.8. The van der Waals surface area contributed by atoms with Crippen molar-refractivity contribution in [2.75, 3.05) is 13.7 Å². The molecule has 242 valence electrons. The van der Waals surface area contributed by atoms with E-state index in [4.69, 9.17) is 30.5 Å². The van der Waals surface area contributed by atoms with Crippen LogP contribution >= 0.6 is 11.6 Å². The summed E-state index contributed by atoms with van der Waals surface area (Å²) in [4.78, 5) is 48.2. The zero-order valence-electron chi connectivity index (χ0n) is 26.0. The Morgan fingerprint density at radius 2 is 1.26 bits per heavy atom. The van der Waals surface area contributed by atoms with E-state index in [-0.39, 0.29) is 32.9 Å². The summed E-state index contributed by atoms with van der Waals surface area (Å²) in [5, 5.41) is -0.248. The van der Waals surface area contributed by atoms with Crippen LogP contribution in [0, 0.1) is 26.6 Å². The molecular weight excluding hydrogens is 629 g/mol. The van der Waals surface area contributed by atoms with E-state index in [0.717, 1.165) is 29.2 Å². The van der Waals surface area contributed by atoms with Gasteiger partial charge in [0.1, 0.15) is 23.7 Å². The smallest absolute Gasteiger partial charge is 0.338 e. The number of ether oxygens (including phenoxy) is 4. The Morgan fingerprint density at radius 3 is 1.77 bits per heavy atom. The third kappa shape index (κ3) is 7.65. The number of benzene rings is 3. The molecule has 3 atom stereocenters. The maximum absolute atomic E-state index is 15.2. The van der Waals surface area contributed by atoms with E-state index in [1.807, 2.05) is 20.8 Å². The molecule has 47 heavy (non-hydrogen) atoms. The fraction of sp³-hybridized carbons (Fsp3) is 0.229. The van der Waals surface area contributed by atoms with Crippen molar-refractivity contribution in [2.45, 2.75) is 39.2 Å². The standard InChI is InChI=1S/C35H31ClFN3O7/c1-20-5-11-23(12-6-20)33(41)45-18-27(46-34(42)24-13-7-21(2)8-14-24)29(47-35(43)25-15-9-22(3)10-16-25)32(44-4)40-17-26(37)28-30(36)38-19-39-31(28)40/h5-17,19,27,29,32H,18H2,1-4H3/t27-,29-,32?/m1/s1. The van der Waals surface area contributed by atoms with Crippen molar-refractivity contribution < 1.29 is 37.7 Å². The molecule has 0 bridgehead atoms. The number of methoxy groups -OCH3 is 1. The minimum atomic E-state index is -1.52. The first-order valence-corrected chi connectivity index (χ1v) is 14.9. The second kappa shape index (κ2) is 14.5. The number of carbonyl (C=O) groups excluding carboxylic acids is 3. The number of esters is 3. The van der Waals surface area contributed by atoms with Crippen LogP contribution in [0.5, 0.6) is 0 Å². The average Bonchev–Trinajstić information content (AvgIpc) is 3.40. The minimum Gasteiger partial charge on any atom is -0.458 e. The Hall–Kier alpha value is -5.13. The molecule has 5 aromatic rings. The van der Waals surface area contributed by atoms with Crippen LogP contribution in [0.2, 0.25) is 5.15 Å². The maximum Gasteiger partial charge on any atom is 0.338 e. The number of nitrogens with zero attached hydrogens (tertiary/aromatic N) is 3. The van der Waals surface area contributed by atoms with E-state index in [9.17, 15) is 14.4 Å². The molecule has 2 heterocycles. The zero-order chi connectivity index (χ0) is 33.7. The quantitative estimate of drug-likeness (QED) is 0.0877. The molecule has 0 spiro atoms. The summed E-state index contributed by atoms with van der Waals surface area (Å²) in [6.07, 6.45) is -2.15. The van der Waals surface area contributed by atoms with Gasteiger partial charge in [0.15, 0.2) is 24.3 Å². The second-order valence-corrected chi connectivity index (χ2v) is 11.2. The lowest BCUT2D eigenvalue weighted by atomic mass is 10.1. The van der Waals surface area contributed by atoms with Crippen molar-refractivity contribution in [1.29, 1.82) is 0 Å². The second-order valence-electron chi connectivity index (χ2n) is 10.9. The first kappa shape index (κ1) is 33.2. The summed E-state index contributed by atoms with van der Waals surface area (Å²) >= 11 is 6.19. The Morgan fingerprint density at radius 1 is 0.766 bits per heavy atom. The largest absolute Gasteiger partial charge is 0.458 e. The van der Waals surface area contributed by atoms with Gasteiger partial charge in [0.25, 0.3) is 0 Å². The van der Waals surface area contributed by atoms with Gasteiger partial charge in [0.2, 0.25) is 0 Å². The predicted molar refractivity (Wildman–Crippen MR) is 171 cm³/mol. The number of hydrogen-bond donors (Lipinski definition) is 0. The van der Waals surface area contributed by atoms with E-state index in [2.05, 4.69) is 9.97 Å². The highest BCUT2D eigenvalue weighted by Crippen LogP contribution is 2.31. The monoisotopic (exact) mass is 659 g/mol. The molecule has 1 unspecified atom stereocenters. The van der Waals surface area contributed by atoms with Crippen molar-refractivity contribution in [3.63, 3.8) is 0 Å². The first-order chi connectivity index (χ1) is 22.5. The summed E-state index contributed by atoms with van der Waals surface area (Å²) in [6.45, 7) is 5.04. The van der Waals surface area contributed by atoms with Gasteiger partial charge in [-0.05, 0) is 57.2 Å². The number of aryl methyl sites for hydroxylation is 3. The molecule has 3 aromatic carbocycles. The van der Waals surface area contributed by atoms with Crippen LogP contribution in [0.15, 0.2) is 85.3 Å². The Balaban J connectivity index is 1.58. The SMILES string of the molecule is COC([C@H](OC(=O)c1ccc(C)cc1)[C@@H](COC(=O)c1ccc(C)cc1)OC(=O)c1ccc(C)cc1)n1cc(F)c2c(Cl)ncnc21. The van der Waals surface area contributed by atoms with Crippen molar-refractivity contribution in [1.82, 2.24) is 14.5 Å². The molecular formula is C35H31ClFN3O7. The van der Waals surface area contributed by atoms with E-state index in [1.165, 1.54) is 11.7 Å². The molecule has 0 N–H and O–H groups in total. The lowest BCUT2D eigenvalue weighted by Crippen LogP contribution is -2.45. The Labute approximate surface area is 275 Å². The van der Waals surface area contributed by atoms with Gasteiger partial charge in [-0.25, -0.2) is 28.7 Å². The van der Waals surface area contributed by atoms with Gasteiger partial charge >= 0.3 is 17.9 Å². The molecule has 2 aromatic heterocycles. The topological polar surface area (TPSA) is 119 Å². The fourth-order valence-corrected chi connectivity index (χ4v) is 5.04. The maximum atomic E-state index is 15.2. The third-order valence-electron chi connectivity index (χ3n) is 7.42. The molecule has 5 rings (SSSR count). The molecule has 0 amide bonds. The van der Waals surface area contributed by atoms with Gasteiger partial charge in [-0.3, -0.25) is 4.57 Å². The fourth-order valence-electron chi connectivity index (χ4n) is 4.83. The first-order valence-electron chi connectivity index (χ1n) is 14.5. The van der Waals surface area contributed by atoms with E-state index in [1.54, 1.807) is 72.8 Å². The highest BCUT2D eigenvalue weighted by Gasteiger charge is 2.40. The van der Waals surface area contributed by atoms with Crippen molar-refractivity contribution in [3.05, 3.63) is 130 Å². The lowest BCUT2D eigenvalue weighted by Gasteiger charge is -2.32. The van der Waals surface area contributed by atoms with Crippen molar-refractivity contribution >= 4 is 40.5 Å². The minimum absolute atomic E-state index is 0.0194. The summed E-state index contributed by atoms with van der Waals surface area (Å²) in [5.74, 6) is -3.07. The summed E-state index contributed by atoms with van der Waals surface area (Å²) in [5.41, 5.74) is 3.41. The van der Waals surface area contributed by atoms with Crippen LogP contribution in [-0.4, -0.2) is 58.4 Å². The highest BCUT2D eigenvalue weighted by molar-refractivity contribution is 6.34. The third-order valence-corrected chi connectivity index (χ3v) is 7.71. The molecule has 0 aliphatic rings. The number of carbonyl (C=O) groups is 3. The number of aromatic nitrogens is 3. The van der Waals surface area contributed by atoms with Gasteiger partial charge in [0.05, 0.1) is 22.1 Å².